The maximum atomic E-state index is 2.53. The van der Waals surface area contributed by atoms with Gasteiger partial charge in [0.2, 0.25) is 0 Å². The first-order chi connectivity index (χ1) is 7.03. The van der Waals surface area contributed by atoms with Crippen LogP contribution in [-0.2, 0) is 0 Å². The summed E-state index contributed by atoms with van der Waals surface area (Å²) in [7, 11) is 0. The fourth-order valence-electron chi connectivity index (χ4n) is 3.81. The molecular weight excluding hydrogens is 180 g/mol. The minimum absolute atomic E-state index is 0.643. The van der Waals surface area contributed by atoms with Crippen molar-refractivity contribution in [3.05, 3.63) is 11.6 Å². The quantitative estimate of drug-likeness (QED) is 0.540. The summed E-state index contributed by atoms with van der Waals surface area (Å²) in [6, 6.07) is 0. The highest BCUT2D eigenvalue weighted by molar-refractivity contribution is 5.14. The van der Waals surface area contributed by atoms with E-state index in [1.54, 1.807) is 5.57 Å². The molecule has 0 bridgehead atoms. The van der Waals surface area contributed by atoms with Crippen LogP contribution in [0.4, 0.5) is 0 Å². The van der Waals surface area contributed by atoms with Crippen molar-refractivity contribution in [3.8, 4) is 0 Å². The first kappa shape index (κ1) is 11.2. The number of hydrogen-bond acceptors (Lipinski definition) is 0. The van der Waals surface area contributed by atoms with Gasteiger partial charge in [-0.15, -0.1) is 0 Å². The lowest BCUT2D eigenvalue weighted by Gasteiger charge is -2.48. The molecule has 3 unspecified atom stereocenters. The molecule has 1 fully saturated rings. The minimum atomic E-state index is 0.643. The van der Waals surface area contributed by atoms with Gasteiger partial charge < -0.3 is 0 Å². The third kappa shape index (κ3) is 2.00. The third-order valence-corrected chi connectivity index (χ3v) is 5.14. The van der Waals surface area contributed by atoms with Gasteiger partial charge in [0.25, 0.3) is 0 Å². The molecule has 3 atom stereocenters. The van der Waals surface area contributed by atoms with E-state index in [-0.39, 0.29) is 0 Å². The topological polar surface area (TPSA) is 0 Å². The molecule has 86 valence electrons. The van der Waals surface area contributed by atoms with E-state index < -0.39 is 0 Å². The lowest BCUT2D eigenvalue weighted by atomic mass is 9.57. The fraction of sp³-hybridized carbons (Fsp3) is 0.867. The molecule has 0 aromatic heterocycles. The summed E-state index contributed by atoms with van der Waals surface area (Å²) in [5, 5.41) is 0. The molecule has 0 heteroatoms. The predicted octanol–water partition coefficient (Wildman–Crippen LogP) is 4.81. The summed E-state index contributed by atoms with van der Waals surface area (Å²) in [5.74, 6) is 2.75. The van der Waals surface area contributed by atoms with Crippen LogP contribution >= 0.6 is 0 Å². The Morgan fingerprint density at radius 2 is 2.07 bits per heavy atom. The van der Waals surface area contributed by atoms with Crippen LogP contribution in [0.15, 0.2) is 11.6 Å². The standard InChI is InChI=1S/C15H26/c1-11(2)13-7-9-15(4)8-5-6-12(3)14(15)10-13/h6,11,13-14H,5,7-10H2,1-4H3. The Hall–Kier alpha value is -0.260. The van der Waals surface area contributed by atoms with Crippen LogP contribution in [0, 0.1) is 23.2 Å². The van der Waals surface area contributed by atoms with Crippen molar-refractivity contribution >= 4 is 0 Å². The Kier molecular flexibility index (Phi) is 2.96. The van der Waals surface area contributed by atoms with Crippen molar-refractivity contribution in [3.63, 3.8) is 0 Å². The van der Waals surface area contributed by atoms with E-state index in [2.05, 4.69) is 33.8 Å². The second kappa shape index (κ2) is 3.96. The van der Waals surface area contributed by atoms with Gasteiger partial charge in [-0.3, -0.25) is 0 Å². The molecule has 2 aliphatic carbocycles. The largest absolute Gasteiger partial charge is 0.0853 e. The molecule has 0 N–H and O–H groups in total. The molecule has 0 spiro atoms. The second-order valence-electron chi connectivity index (χ2n) is 6.47. The Bertz CT molecular complexity index is 261. The van der Waals surface area contributed by atoms with E-state index in [1.165, 1.54) is 32.1 Å². The molecule has 0 aliphatic heterocycles. The van der Waals surface area contributed by atoms with Crippen LogP contribution in [0.3, 0.4) is 0 Å². The number of rotatable bonds is 1. The van der Waals surface area contributed by atoms with Crippen molar-refractivity contribution in [1.29, 1.82) is 0 Å². The van der Waals surface area contributed by atoms with E-state index in [9.17, 15) is 0 Å². The van der Waals surface area contributed by atoms with Crippen molar-refractivity contribution < 1.29 is 0 Å². The van der Waals surface area contributed by atoms with Crippen LogP contribution in [0.25, 0.3) is 0 Å². The van der Waals surface area contributed by atoms with E-state index in [0.717, 1.165) is 17.8 Å². The maximum Gasteiger partial charge on any atom is -0.0149 e. The van der Waals surface area contributed by atoms with Crippen molar-refractivity contribution in [1.82, 2.24) is 0 Å². The molecule has 0 aromatic carbocycles. The number of fused-ring (bicyclic) bond motifs is 1. The van der Waals surface area contributed by atoms with Gasteiger partial charge in [0, 0.05) is 0 Å². The molecule has 0 heterocycles. The van der Waals surface area contributed by atoms with E-state index in [4.69, 9.17) is 0 Å². The van der Waals surface area contributed by atoms with Gasteiger partial charge in [-0.25, -0.2) is 0 Å². The van der Waals surface area contributed by atoms with E-state index >= 15 is 0 Å². The zero-order valence-electron chi connectivity index (χ0n) is 10.8. The normalized spacial score (nSPS) is 41.3. The highest BCUT2D eigenvalue weighted by Crippen LogP contribution is 2.52. The Labute approximate surface area is 95.1 Å². The van der Waals surface area contributed by atoms with Crippen molar-refractivity contribution in [2.45, 2.75) is 59.8 Å². The summed E-state index contributed by atoms with van der Waals surface area (Å²) in [5.41, 5.74) is 2.33. The first-order valence-corrected chi connectivity index (χ1v) is 6.69. The Morgan fingerprint density at radius 1 is 1.33 bits per heavy atom. The molecule has 2 rings (SSSR count). The molecule has 0 aromatic rings. The van der Waals surface area contributed by atoms with Gasteiger partial charge in [0.15, 0.2) is 0 Å². The average Bonchev–Trinajstić information content (AvgIpc) is 2.17. The maximum absolute atomic E-state index is 2.53. The lowest BCUT2D eigenvalue weighted by Crippen LogP contribution is -2.38. The monoisotopic (exact) mass is 206 g/mol. The highest BCUT2D eigenvalue weighted by Gasteiger charge is 2.42. The molecule has 2 aliphatic rings. The molecule has 0 radical (unpaired) electrons. The van der Waals surface area contributed by atoms with Crippen LogP contribution in [0.5, 0.6) is 0 Å². The fourth-order valence-corrected chi connectivity index (χ4v) is 3.81. The van der Waals surface area contributed by atoms with Crippen molar-refractivity contribution in [2.24, 2.45) is 23.2 Å². The summed E-state index contributed by atoms with van der Waals surface area (Å²) in [6.07, 6.45) is 9.64. The average molecular weight is 206 g/mol. The summed E-state index contributed by atoms with van der Waals surface area (Å²) in [6.45, 7) is 9.69. The Morgan fingerprint density at radius 3 is 2.73 bits per heavy atom. The van der Waals surface area contributed by atoms with Gasteiger partial charge in [0.1, 0.15) is 0 Å². The Balaban J connectivity index is 2.16. The highest BCUT2D eigenvalue weighted by atomic mass is 14.5. The second-order valence-corrected chi connectivity index (χ2v) is 6.47. The molecule has 1 saturated carbocycles. The minimum Gasteiger partial charge on any atom is -0.0853 e. The molecule has 15 heavy (non-hydrogen) atoms. The van der Waals surface area contributed by atoms with Crippen molar-refractivity contribution in [2.75, 3.05) is 0 Å². The van der Waals surface area contributed by atoms with Gasteiger partial charge in [-0.1, -0.05) is 32.4 Å². The van der Waals surface area contributed by atoms with Gasteiger partial charge in [-0.05, 0) is 62.2 Å². The summed E-state index contributed by atoms with van der Waals surface area (Å²) in [4.78, 5) is 0. The van der Waals surface area contributed by atoms with Crippen LogP contribution < -0.4 is 0 Å². The van der Waals surface area contributed by atoms with Crippen LogP contribution in [0.2, 0.25) is 0 Å². The SMILES string of the molecule is CC1=CCCC2(C)CCC(C(C)C)CC12. The lowest BCUT2D eigenvalue weighted by molar-refractivity contribution is 0.0706. The van der Waals surface area contributed by atoms with Crippen LogP contribution in [-0.4, -0.2) is 0 Å². The van der Waals surface area contributed by atoms with Gasteiger partial charge in [0.05, 0.1) is 0 Å². The predicted molar refractivity (Wildman–Crippen MR) is 66.8 cm³/mol. The smallest absolute Gasteiger partial charge is 0.0149 e. The van der Waals surface area contributed by atoms with Crippen LogP contribution in [0.1, 0.15) is 59.8 Å². The molecular formula is C15H26. The molecule has 0 saturated heterocycles. The molecule has 0 nitrogen and oxygen atoms in total. The van der Waals surface area contributed by atoms with E-state index in [1.807, 2.05) is 0 Å². The van der Waals surface area contributed by atoms with E-state index in [0.29, 0.717) is 5.41 Å². The molecule has 0 amide bonds. The number of allylic oxidation sites excluding steroid dienone is 2. The zero-order chi connectivity index (χ0) is 11.1. The number of hydrogen-bond donors (Lipinski definition) is 0. The van der Waals surface area contributed by atoms with Gasteiger partial charge >= 0.3 is 0 Å². The summed E-state index contributed by atoms with van der Waals surface area (Å²) < 4.78 is 0. The third-order valence-electron chi connectivity index (χ3n) is 5.14. The first-order valence-electron chi connectivity index (χ1n) is 6.69. The summed E-state index contributed by atoms with van der Waals surface area (Å²) >= 11 is 0. The van der Waals surface area contributed by atoms with Gasteiger partial charge in [-0.2, -0.15) is 0 Å². The zero-order valence-corrected chi connectivity index (χ0v) is 10.8.